The van der Waals surface area contributed by atoms with Crippen molar-refractivity contribution >= 4 is 11.4 Å². The second-order valence-corrected chi connectivity index (χ2v) is 10.4. The van der Waals surface area contributed by atoms with Gasteiger partial charge in [0.05, 0.1) is 4.92 Å². The summed E-state index contributed by atoms with van der Waals surface area (Å²) in [5.41, 5.74) is 0.893. The zero-order valence-electron chi connectivity index (χ0n) is 17.6. The van der Waals surface area contributed by atoms with E-state index in [9.17, 15) is 10.1 Å². The van der Waals surface area contributed by atoms with Crippen molar-refractivity contribution in [3.8, 4) is 0 Å². The Morgan fingerprint density at radius 3 is 2.24 bits per heavy atom. The zero-order chi connectivity index (χ0) is 20.0. The van der Waals surface area contributed by atoms with E-state index in [0.717, 1.165) is 36.6 Å². The molecule has 4 aliphatic rings. The van der Waals surface area contributed by atoms with Crippen LogP contribution in [-0.2, 0) is 0 Å². The van der Waals surface area contributed by atoms with Gasteiger partial charge < -0.3 is 5.32 Å². The molecule has 2 aliphatic carbocycles. The van der Waals surface area contributed by atoms with Crippen LogP contribution in [0.25, 0.3) is 0 Å². The van der Waals surface area contributed by atoms with Crippen molar-refractivity contribution in [2.75, 3.05) is 5.32 Å². The maximum Gasteiger partial charge on any atom is 0.292 e. The van der Waals surface area contributed by atoms with Crippen LogP contribution < -0.4 is 5.32 Å². The van der Waals surface area contributed by atoms with Gasteiger partial charge in [-0.25, -0.2) is 0 Å². The molecule has 0 radical (unpaired) electrons. The minimum absolute atomic E-state index is 0.203. The van der Waals surface area contributed by atoms with Crippen LogP contribution >= 0.6 is 0 Å². The number of hydrogen-bond donors (Lipinski definition) is 1. The monoisotopic (exact) mass is 397 g/mol. The van der Waals surface area contributed by atoms with E-state index in [2.05, 4.69) is 17.1 Å². The first-order valence-electron chi connectivity index (χ1n) is 11.8. The fraction of sp³-hybridized carbons (Fsp3) is 0.750. The van der Waals surface area contributed by atoms with E-state index >= 15 is 0 Å². The molecule has 2 heterocycles. The van der Waals surface area contributed by atoms with Crippen LogP contribution in [0.15, 0.2) is 24.3 Å². The van der Waals surface area contributed by atoms with E-state index in [4.69, 9.17) is 0 Å². The summed E-state index contributed by atoms with van der Waals surface area (Å²) < 4.78 is 0. The van der Waals surface area contributed by atoms with Crippen LogP contribution in [0.3, 0.4) is 0 Å². The van der Waals surface area contributed by atoms with Gasteiger partial charge in [-0.3, -0.25) is 15.0 Å². The van der Waals surface area contributed by atoms with Crippen LogP contribution in [0.1, 0.15) is 71.1 Å². The quantitative estimate of drug-likeness (QED) is 0.530. The molecule has 7 atom stereocenters. The van der Waals surface area contributed by atoms with E-state index < -0.39 is 0 Å². The summed E-state index contributed by atoms with van der Waals surface area (Å²) >= 11 is 0. The largest absolute Gasteiger partial charge is 0.377 e. The van der Waals surface area contributed by atoms with Gasteiger partial charge in [0.2, 0.25) is 0 Å². The zero-order valence-corrected chi connectivity index (χ0v) is 17.6. The molecular weight excluding hydrogens is 362 g/mol. The van der Waals surface area contributed by atoms with Gasteiger partial charge >= 0.3 is 0 Å². The fourth-order valence-electron chi connectivity index (χ4n) is 7.50. The molecule has 2 saturated carbocycles. The van der Waals surface area contributed by atoms with Crippen molar-refractivity contribution in [2.45, 2.75) is 95.3 Å². The van der Waals surface area contributed by atoms with E-state index in [-0.39, 0.29) is 10.6 Å². The molecule has 0 aromatic heterocycles. The molecule has 2 saturated heterocycles. The van der Waals surface area contributed by atoms with Crippen molar-refractivity contribution < 1.29 is 4.92 Å². The van der Waals surface area contributed by atoms with E-state index in [1.807, 2.05) is 12.1 Å². The first-order valence-corrected chi connectivity index (χ1v) is 11.8. The van der Waals surface area contributed by atoms with Gasteiger partial charge in [0.1, 0.15) is 5.69 Å². The molecule has 2 aliphatic heterocycles. The van der Waals surface area contributed by atoms with Gasteiger partial charge in [-0.05, 0) is 81.6 Å². The lowest BCUT2D eigenvalue weighted by atomic mass is 9.65. The molecule has 2 unspecified atom stereocenters. The number of rotatable bonds is 4. The number of nitrogens with zero attached hydrogens (tertiary/aromatic N) is 2. The molecule has 1 N–H and O–H groups in total. The molecule has 5 heteroatoms. The van der Waals surface area contributed by atoms with Crippen LogP contribution in [-0.4, -0.2) is 34.0 Å². The average molecular weight is 398 g/mol. The summed E-state index contributed by atoms with van der Waals surface area (Å²) in [6.07, 6.45) is 13.4. The highest BCUT2D eigenvalue weighted by Gasteiger charge is 2.45. The number of hydrogen-bond acceptors (Lipinski definition) is 4. The SMILES string of the molecule is C[C@@H]1C[C@@H]2C[C@H](C1)C[C@H](N1C3CCC[C@H]1CC(Nc1ccccc1[N+](=O)[O-])C3)C2. The lowest BCUT2D eigenvalue weighted by Crippen LogP contribution is -2.60. The number of benzene rings is 1. The lowest BCUT2D eigenvalue weighted by molar-refractivity contribution is -0.384. The molecule has 4 bridgehead atoms. The highest BCUT2D eigenvalue weighted by atomic mass is 16.6. The maximum absolute atomic E-state index is 11.4. The number of nitro groups is 1. The van der Waals surface area contributed by atoms with E-state index in [1.165, 1.54) is 51.4 Å². The van der Waals surface area contributed by atoms with Crippen molar-refractivity contribution in [3.05, 3.63) is 34.4 Å². The normalized spacial score (nSPS) is 39.7. The van der Waals surface area contributed by atoms with Gasteiger partial charge in [0.25, 0.3) is 5.69 Å². The number of fused-ring (bicyclic) bond motifs is 4. The van der Waals surface area contributed by atoms with Gasteiger partial charge in [-0.2, -0.15) is 0 Å². The second kappa shape index (κ2) is 7.90. The minimum Gasteiger partial charge on any atom is -0.377 e. The number of para-hydroxylation sites is 2. The Morgan fingerprint density at radius 1 is 0.931 bits per heavy atom. The summed E-state index contributed by atoms with van der Waals surface area (Å²) in [5, 5.41) is 15.0. The lowest BCUT2D eigenvalue weighted by Gasteiger charge is -2.55. The predicted octanol–water partition coefficient (Wildman–Crippen LogP) is 5.61. The average Bonchev–Trinajstić information content (AvgIpc) is 2.66. The summed E-state index contributed by atoms with van der Waals surface area (Å²) in [6, 6.07) is 9.57. The fourth-order valence-corrected chi connectivity index (χ4v) is 7.50. The Bertz CT molecular complexity index is 721. The Labute approximate surface area is 174 Å². The molecule has 5 rings (SSSR count). The number of anilines is 1. The number of nitrogens with one attached hydrogen (secondary N) is 1. The molecular formula is C24H35N3O2. The molecule has 5 nitrogen and oxygen atoms in total. The van der Waals surface area contributed by atoms with Gasteiger partial charge in [-0.1, -0.05) is 25.5 Å². The van der Waals surface area contributed by atoms with Gasteiger partial charge in [0.15, 0.2) is 0 Å². The first kappa shape index (κ1) is 19.3. The highest BCUT2D eigenvalue weighted by molar-refractivity contribution is 5.61. The van der Waals surface area contributed by atoms with Crippen molar-refractivity contribution in [2.24, 2.45) is 17.8 Å². The summed E-state index contributed by atoms with van der Waals surface area (Å²) in [4.78, 5) is 14.1. The van der Waals surface area contributed by atoms with Gasteiger partial charge in [-0.15, -0.1) is 0 Å². The third-order valence-electron chi connectivity index (χ3n) is 8.26. The Kier molecular flexibility index (Phi) is 5.27. The van der Waals surface area contributed by atoms with E-state index in [0.29, 0.717) is 23.8 Å². The standard InChI is InChI=1S/C24H35N3O2/c1-16-9-17-11-18(10-16)13-22(12-17)26-20-5-4-6-21(26)15-19(14-20)25-23-7-2-3-8-24(23)27(28)29/h2-3,7-8,16-22,25H,4-6,9-15H2,1H3/t16-,17-,18+,19?,20-,21?,22-/m0/s1. The summed E-state index contributed by atoms with van der Waals surface area (Å²) in [7, 11) is 0. The Balaban J connectivity index is 1.29. The predicted molar refractivity (Wildman–Crippen MR) is 116 cm³/mol. The molecule has 4 fully saturated rings. The van der Waals surface area contributed by atoms with Crippen molar-refractivity contribution in [3.63, 3.8) is 0 Å². The maximum atomic E-state index is 11.4. The number of piperidine rings is 2. The minimum atomic E-state index is -0.264. The third kappa shape index (κ3) is 3.90. The molecule has 1 aromatic rings. The van der Waals surface area contributed by atoms with Crippen LogP contribution in [0.2, 0.25) is 0 Å². The van der Waals surface area contributed by atoms with Crippen LogP contribution in [0, 0.1) is 27.9 Å². The molecule has 1 aromatic carbocycles. The van der Waals surface area contributed by atoms with E-state index in [1.54, 1.807) is 12.1 Å². The van der Waals surface area contributed by atoms with Crippen LogP contribution in [0.4, 0.5) is 11.4 Å². The smallest absolute Gasteiger partial charge is 0.292 e. The Morgan fingerprint density at radius 2 is 1.59 bits per heavy atom. The molecule has 0 spiro atoms. The second-order valence-electron chi connectivity index (χ2n) is 10.4. The third-order valence-corrected chi connectivity index (χ3v) is 8.26. The molecule has 29 heavy (non-hydrogen) atoms. The highest BCUT2D eigenvalue weighted by Crippen LogP contribution is 2.47. The Hall–Kier alpha value is -1.62. The summed E-state index contributed by atoms with van der Waals surface area (Å²) in [5.74, 6) is 2.83. The van der Waals surface area contributed by atoms with Crippen LogP contribution in [0.5, 0.6) is 0 Å². The van der Waals surface area contributed by atoms with Crippen molar-refractivity contribution in [1.29, 1.82) is 0 Å². The first-order chi connectivity index (χ1) is 14.1. The van der Waals surface area contributed by atoms with Gasteiger partial charge in [0, 0.05) is 30.2 Å². The number of nitro benzene ring substituents is 1. The molecule has 158 valence electrons. The topological polar surface area (TPSA) is 58.4 Å². The summed E-state index contributed by atoms with van der Waals surface area (Å²) in [6.45, 7) is 2.45. The molecule has 0 amide bonds. The van der Waals surface area contributed by atoms with Crippen molar-refractivity contribution in [1.82, 2.24) is 4.90 Å².